The standard InChI is InChI=1S/C12H10N2O3/c1-9-4-5-11(12(7-9)14(16)17)13-6-2-3-10(13)8-15/h2-8H,1H3. The lowest BCUT2D eigenvalue weighted by Crippen LogP contribution is -2.02. The molecular formula is C12H10N2O3. The van der Waals surface area contributed by atoms with Crippen LogP contribution in [-0.4, -0.2) is 15.8 Å². The van der Waals surface area contributed by atoms with E-state index >= 15 is 0 Å². The number of hydrogen-bond acceptors (Lipinski definition) is 3. The van der Waals surface area contributed by atoms with E-state index in [2.05, 4.69) is 0 Å². The van der Waals surface area contributed by atoms with Crippen LogP contribution in [0, 0.1) is 17.0 Å². The molecule has 0 saturated carbocycles. The van der Waals surface area contributed by atoms with E-state index in [4.69, 9.17) is 0 Å². The lowest BCUT2D eigenvalue weighted by molar-refractivity contribution is -0.384. The molecule has 86 valence electrons. The van der Waals surface area contributed by atoms with Crippen molar-refractivity contribution in [1.82, 2.24) is 4.57 Å². The molecule has 2 rings (SSSR count). The van der Waals surface area contributed by atoms with Crippen LogP contribution >= 0.6 is 0 Å². The second kappa shape index (κ2) is 4.21. The van der Waals surface area contributed by atoms with Gasteiger partial charge in [0.2, 0.25) is 0 Å². The van der Waals surface area contributed by atoms with E-state index in [1.807, 2.05) is 0 Å². The number of aryl methyl sites for hydroxylation is 1. The average Bonchev–Trinajstić information content (AvgIpc) is 2.76. The summed E-state index contributed by atoms with van der Waals surface area (Å²) in [5.74, 6) is 0. The van der Waals surface area contributed by atoms with Gasteiger partial charge in [0.1, 0.15) is 5.69 Å². The largest absolute Gasteiger partial charge is 0.308 e. The Labute approximate surface area is 97.5 Å². The van der Waals surface area contributed by atoms with Crippen molar-refractivity contribution in [3.05, 3.63) is 57.9 Å². The van der Waals surface area contributed by atoms with Gasteiger partial charge < -0.3 is 4.57 Å². The third kappa shape index (κ3) is 1.94. The maximum atomic E-state index is 11.0. The zero-order valence-corrected chi connectivity index (χ0v) is 9.16. The Morgan fingerprint density at radius 2 is 2.12 bits per heavy atom. The highest BCUT2D eigenvalue weighted by Crippen LogP contribution is 2.25. The summed E-state index contributed by atoms with van der Waals surface area (Å²) in [7, 11) is 0. The number of nitrogens with zero attached hydrogens (tertiary/aromatic N) is 2. The molecule has 0 spiro atoms. The van der Waals surface area contributed by atoms with Crippen LogP contribution in [0.2, 0.25) is 0 Å². The van der Waals surface area contributed by atoms with Crippen molar-refractivity contribution in [1.29, 1.82) is 0 Å². The van der Waals surface area contributed by atoms with Gasteiger partial charge in [0.25, 0.3) is 5.69 Å². The molecule has 0 aliphatic rings. The first kappa shape index (κ1) is 11.1. The molecule has 5 nitrogen and oxygen atoms in total. The molecule has 0 aliphatic heterocycles. The monoisotopic (exact) mass is 230 g/mol. The van der Waals surface area contributed by atoms with Gasteiger partial charge >= 0.3 is 0 Å². The number of benzene rings is 1. The van der Waals surface area contributed by atoms with Crippen molar-refractivity contribution < 1.29 is 9.72 Å². The average molecular weight is 230 g/mol. The van der Waals surface area contributed by atoms with Crippen molar-refractivity contribution in [3.63, 3.8) is 0 Å². The zero-order chi connectivity index (χ0) is 12.4. The molecule has 0 bridgehead atoms. The van der Waals surface area contributed by atoms with E-state index in [0.29, 0.717) is 17.7 Å². The summed E-state index contributed by atoms with van der Waals surface area (Å²) in [6.45, 7) is 1.78. The zero-order valence-electron chi connectivity index (χ0n) is 9.16. The molecule has 0 N–H and O–H groups in total. The minimum atomic E-state index is -0.448. The topological polar surface area (TPSA) is 65.1 Å². The molecule has 1 heterocycles. The second-order valence-corrected chi connectivity index (χ2v) is 3.67. The Morgan fingerprint density at radius 3 is 2.76 bits per heavy atom. The third-order valence-electron chi connectivity index (χ3n) is 2.49. The predicted octanol–water partition coefficient (Wildman–Crippen LogP) is 2.51. The van der Waals surface area contributed by atoms with E-state index in [1.54, 1.807) is 37.4 Å². The smallest absolute Gasteiger partial charge is 0.293 e. The van der Waals surface area contributed by atoms with Gasteiger partial charge in [0, 0.05) is 12.3 Å². The fourth-order valence-electron chi connectivity index (χ4n) is 1.69. The van der Waals surface area contributed by atoms with E-state index < -0.39 is 4.92 Å². The molecule has 5 heteroatoms. The van der Waals surface area contributed by atoms with Crippen molar-refractivity contribution >= 4 is 12.0 Å². The minimum absolute atomic E-state index is 0.00991. The molecule has 1 aromatic heterocycles. The first-order chi connectivity index (χ1) is 8.13. The molecule has 0 aliphatic carbocycles. The van der Waals surface area contributed by atoms with Crippen LogP contribution < -0.4 is 0 Å². The molecule has 2 aromatic rings. The summed E-state index contributed by atoms with van der Waals surface area (Å²) in [6, 6.07) is 8.19. The molecule has 0 amide bonds. The van der Waals surface area contributed by atoms with E-state index in [0.717, 1.165) is 5.56 Å². The Morgan fingerprint density at radius 1 is 1.35 bits per heavy atom. The summed E-state index contributed by atoms with van der Waals surface area (Å²) < 4.78 is 1.50. The Balaban J connectivity index is 2.67. The highest BCUT2D eigenvalue weighted by Gasteiger charge is 2.16. The van der Waals surface area contributed by atoms with Gasteiger partial charge in [0.15, 0.2) is 6.29 Å². The van der Waals surface area contributed by atoms with Crippen molar-refractivity contribution in [2.75, 3.05) is 0 Å². The summed E-state index contributed by atoms with van der Waals surface area (Å²) in [4.78, 5) is 21.3. The molecule has 0 saturated heterocycles. The van der Waals surface area contributed by atoms with Crippen LogP contribution in [0.25, 0.3) is 5.69 Å². The quantitative estimate of drug-likeness (QED) is 0.462. The SMILES string of the molecule is Cc1ccc(-n2cccc2C=O)c([N+](=O)[O-])c1. The van der Waals surface area contributed by atoms with Crippen molar-refractivity contribution in [3.8, 4) is 5.69 Å². The first-order valence-electron chi connectivity index (χ1n) is 5.01. The predicted molar refractivity (Wildman–Crippen MR) is 62.5 cm³/mol. The summed E-state index contributed by atoms with van der Waals surface area (Å²) in [6.07, 6.45) is 2.30. The fourth-order valence-corrected chi connectivity index (χ4v) is 1.69. The third-order valence-corrected chi connectivity index (χ3v) is 2.49. The van der Waals surface area contributed by atoms with Crippen molar-refractivity contribution in [2.24, 2.45) is 0 Å². The van der Waals surface area contributed by atoms with E-state index in [1.165, 1.54) is 10.6 Å². The highest BCUT2D eigenvalue weighted by atomic mass is 16.6. The molecule has 17 heavy (non-hydrogen) atoms. The molecular weight excluding hydrogens is 220 g/mol. The van der Waals surface area contributed by atoms with Crippen LogP contribution in [0.3, 0.4) is 0 Å². The molecule has 0 fully saturated rings. The lowest BCUT2D eigenvalue weighted by atomic mass is 10.2. The van der Waals surface area contributed by atoms with Gasteiger partial charge in [-0.25, -0.2) is 0 Å². The maximum absolute atomic E-state index is 11.0. The van der Waals surface area contributed by atoms with Crippen LogP contribution in [0.1, 0.15) is 16.1 Å². The Kier molecular flexibility index (Phi) is 2.74. The summed E-state index contributed by atoms with van der Waals surface area (Å²) in [5.41, 5.74) is 1.58. The van der Waals surface area contributed by atoms with Gasteiger partial charge in [-0.15, -0.1) is 0 Å². The van der Waals surface area contributed by atoms with Crippen molar-refractivity contribution in [2.45, 2.75) is 6.92 Å². The van der Waals surface area contributed by atoms with Crippen LogP contribution in [0.15, 0.2) is 36.5 Å². The minimum Gasteiger partial charge on any atom is -0.308 e. The maximum Gasteiger partial charge on any atom is 0.293 e. The Hall–Kier alpha value is -2.43. The summed E-state index contributed by atoms with van der Waals surface area (Å²) in [5, 5.41) is 11.0. The number of carbonyl (C=O) groups excluding carboxylic acids is 1. The lowest BCUT2D eigenvalue weighted by Gasteiger charge is -2.06. The highest BCUT2D eigenvalue weighted by molar-refractivity contribution is 5.74. The summed E-state index contributed by atoms with van der Waals surface area (Å²) >= 11 is 0. The van der Waals surface area contributed by atoms with Gasteiger partial charge in [-0.2, -0.15) is 0 Å². The van der Waals surface area contributed by atoms with Crippen LogP contribution in [0.4, 0.5) is 5.69 Å². The van der Waals surface area contributed by atoms with E-state index in [-0.39, 0.29) is 5.69 Å². The number of carbonyl (C=O) groups is 1. The second-order valence-electron chi connectivity index (χ2n) is 3.67. The Bertz CT molecular complexity index is 587. The number of aromatic nitrogens is 1. The van der Waals surface area contributed by atoms with Gasteiger partial charge in [-0.1, -0.05) is 6.07 Å². The van der Waals surface area contributed by atoms with Gasteiger partial charge in [-0.05, 0) is 30.7 Å². The number of nitro groups is 1. The number of hydrogen-bond donors (Lipinski definition) is 0. The molecule has 0 atom stereocenters. The normalized spacial score (nSPS) is 10.2. The number of aldehydes is 1. The number of rotatable bonds is 3. The molecule has 0 unspecified atom stereocenters. The molecule has 1 aromatic carbocycles. The van der Waals surface area contributed by atoms with E-state index in [9.17, 15) is 14.9 Å². The first-order valence-corrected chi connectivity index (χ1v) is 5.01. The van der Waals surface area contributed by atoms with Crippen LogP contribution in [0.5, 0.6) is 0 Å². The van der Waals surface area contributed by atoms with Crippen LogP contribution in [-0.2, 0) is 0 Å². The number of nitro benzene ring substituents is 1. The van der Waals surface area contributed by atoms with Gasteiger partial charge in [0.05, 0.1) is 10.6 Å². The molecule has 0 radical (unpaired) electrons. The van der Waals surface area contributed by atoms with Gasteiger partial charge in [-0.3, -0.25) is 14.9 Å². The fraction of sp³-hybridized carbons (Fsp3) is 0.0833.